The van der Waals surface area contributed by atoms with Crippen LogP contribution in [-0.4, -0.2) is 50.0 Å². The van der Waals surface area contributed by atoms with Gasteiger partial charge in [-0.25, -0.2) is 0 Å². The Bertz CT molecular complexity index is 293. The molecule has 1 unspecified atom stereocenters. The second-order valence-corrected chi connectivity index (χ2v) is 8.94. The average molecular weight is 381 g/mol. The predicted octanol–water partition coefficient (Wildman–Crippen LogP) is 4.71. The molecule has 0 heterocycles. The zero-order valence-corrected chi connectivity index (χ0v) is 18.2. The van der Waals surface area contributed by atoms with Crippen molar-refractivity contribution in [3.8, 4) is 0 Å². The number of hydrogen-bond donors (Lipinski definition) is 0. The summed E-state index contributed by atoms with van der Waals surface area (Å²) in [6.45, 7) is 5.02. The molecule has 0 N–H and O–H groups in total. The van der Waals surface area contributed by atoms with Crippen molar-refractivity contribution in [3.63, 3.8) is 0 Å². The van der Waals surface area contributed by atoms with E-state index in [1.165, 1.54) is 53.4 Å². The van der Waals surface area contributed by atoms with Gasteiger partial charge in [-0.15, -0.1) is 0 Å². The van der Waals surface area contributed by atoms with Gasteiger partial charge in [0.05, 0.1) is 0 Å². The lowest BCUT2D eigenvalue weighted by molar-refractivity contribution is -0.460. The normalized spacial score (nSPS) is 14.6. The Morgan fingerprint density at radius 2 is 1.20 bits per heavy atom. The highest BCUT2D eigenvalue weighted by atomic mass is 28.4. The van der Waals surface area contributed by atoms with Gasteiger partial charge in [-0.2, -0.15) is 0 Å². The van der Waals surface area contributed by atoms with Crippen LogP contribution in [0.15, 0.2) is 0 Å². The summed E-state index contributed by atoms with van der Waals surface area (Å²) in [6.07, 6.45) is 8.77. The monoisotopic (exact) mass is 380 g/mol. The topological polar surface area (TPSA) is 55.4 Å². The van der Waals surface area contributed by atoms with Crippen molar-refractivity contribution in [1.82, 2.24) is 0 Å². The first kappa shape index (κ1) is 25.0. The predicted molar refractivity (Wildman–Crippen MR) is 101 cm³/mol. The molecule has 6 nitrogen and oxygen atoms in total. The molecule has 0 saturated carbocycles. The molecule has 152 valence electrons. The first-order valence-corrected chi connectivity index (χ1v) is 11.6. The van der Waals surface area contributed by atoms with E-state index < -0.39 is 15.0 Å². The third-order valence-electron chi connectivity index (χ3n) is 4.25. The largest absolute Gasteiger partial charge is 0.506 e. The lowest BCUT2D eigenvalue weighted by Gasteiger charge is -2.36. The second-order valence-electron chi connectivity index (χ2n) is 6.17. The van der Waals surface area contributed by atoms with E-state index in [0.29, 0.717) is 6.61 Å². The summed E-state index contributed by atoms with van der Waals surface area (Å²) in [5.41, 5.74) is 0. The maximum Gasteiger partial charge on any atom is 0.506 e. The smallest absolute Gasteiger partial charge is 0.377 e. The van der Waals surface area contributed by atoms with E-state index in [9.17, 15) is 0 Å². The van der Waals surface area contributed by atoms with Gasteiger partial charge < -0.3 is 23.1 Å². The van der Waals surface area contributed by atoms with Gasteiger partial charge in [0.2, 0.25) is 0 Å². The Hall–Kier alpha value is -0.0231. The minimum Gasteiger partial charge on any atom is -0.377 e. The average Bonchev–Trinajstić information content (AvgIpc) is 2.66. The highest BCUT2D eigenvalue weighted by Crippen LogP contribution is 2.27. The van der Waals surface area contributed by atoms with Crippen molar-refractivity contribution in [2.45, 2.75) is 83.8 Å². The molecule has 0 spiro atoms. The molecule has 0 aliphatic carbocycles. The lowest BCUT2D eigenvalue weighted by Crippen LogP contribution is -2.55. The molecule has 0 amide bonds. The molecular formula is C18H40O6Si. The minimum absolute atomic E-state index is 0.616. The van der Waals surface area contributed by atoms with Gasteiger partial charge in [-0.3, -0.25) is 4.43 Å². The number of hydrogen-bond acceptors (Lipinski definition) is 6. The van der Waals surface area contributed by atoms with Gasteiger partial charge in [0.1, 0.15) is 0 Å². The van der Waals surface area contributed by atoms with E-state index in [0.717, 1.165) is 31.7 Å². The molecule has 0 rings (SSSR count). The van der Waals surface area contributed by atoms with Crippen molar-refractivity contribution >= 4 is 8.80 Å². The Morgan fingerprint density at radius 1 is 0.680 bits per heavy atom. The summed E-state index contributed by atoms with van der Waals surface area (Å²) in [5.74, 6) is 0. The molecule has 0 aliphatic heterocycles. The Morgan fingerprint density at radius 3 is 1.68 bits per heavy atom. The number of rotatable bonds is 18. The molecule has 0 aliphatic rings. The zero-order chi connectivity index (χ0) is 19.0. The highest BCUT2D eigenvalue weighted by Gasteiger charge is 2.49. The first-order valence-electron chi connectivity index (χ1n) is 9.62. The van der Waals surface area contributed by atoms with Crippen LogP contribution < -0.4 is 0 Å². The quantitative estimate of drug-likeness (QED) is 0.195. The number of ether oxygens (including phenoxy) is 3. The van der Waals surface area contributed by atoms with Crippen LogP contribution in [0.1, 0.15) is 71.6 Å². The Labute approximate surface area is 155 Å². The Kier molecular flexibility index (Phi) is 15.1. The first-order chi connectivity index (χ1) is 12.1. The van der Waals surface area contributed by atoms with Crippen molar-refractivity contribution < 1.29 is 27.5 Å². The van der Waals surface area contributed by atoms with Gasteiger partial charge in [-0.05, 0) is 12.8 Å². The van der Waals surface area contributed by atoms with Gasteiger partial charge in [0.15, 0.2) is 0 Å². The van der Waals surface area contributed by atoms with E-state index in [1.807, 2.05) is 0 Å². The molecule has 0 saturated heterocycles. The third-order valence-corrected chi connectivity index (χ3v) is 7.04. The third kappa shape index (κ3) is 10.0. The standard InChI is InChI=1S/C18H40O6Si/c1-7-9-11-13-14-16-23-25(22-6,17-15-12-10-8-2)24-18(19-3,20-4)21-5/h7-17H2,1-6H3. The molecule has 0 radical (unpaired) electrons. The van der Waals surface area contributed by atoms with Gasteiger partial charge >= 0.3 is 15.0 Å². The summed E-state index contributed by atoms with van der Waals surface area (Å²) in [5, 5.41) is 0. The fraction of sp³-hybridized carbons (Fsp3) is 1.00. The molecule has 0 aromatic heterocycles. The minimum atomic E-state index is -2.96. The van der Waals surface area contributed by atoms with Crippen LogP contribution in [-0.2, 0) is 27.5 Å². The second kappa shape index (κ2) is 15.1. The van der Waals surface area contributed by atoms with Crippen LogP contribution in [0.25, 0.3) is 0 Å². The maximum atomic E-state index is 6.15. The van der Waals surface area contributed by atoms with Crippen molar-refractivity contribution in [1.29, 1.82) is 0 Å². The lowest BCUT2D eigenvalue weighted by atomic mass is 10.2. The number of unbranched alkanes of at least 4 members (excludes halogenated alkanes) is 7. The fourth-order valence-electron chi connectivity index (χ4n) is 2.62. The number of methoxy groups -OCH3 is 3. The molecule has 0 aromatic carbocycles. The summed E-state index contributed by atoms with van der Waals surface area (Å²) in [7, 11) is 3.10. The van der Waals surface area contributed by atoms with Crippen molar-refractivity contribution in [2.75, 3.05) is 35.0 Å². The summed E-state index contributed by atoms with van der Waals surface area (Å²) >= 11 is 0. The van der Waals surface area contributed by atoms with Crippen LogP contribution in [0, 0.1) is 0 Å². The molecule has 0 bridgehead atoms. The van der Waals surface area contributed by atoms with Gasteiger partial charge in [0, 0.05) is 41.1 Å². The van der Waals surface area contributed by atoms with Crippen LogP contribution >= 0.6 is 0 Å². The molecule has 0 fully saturated rings. The van der Waals surface area contributed by atoms with Crippen LogP contribution in [0.3, 0.4) is 0 Å². The summed E-state index contributed by atoms with van der Waals surface area (Å²) < 4.78 is 33.8. The molecule has 0 aromatic rings. The fourth-order valence-corrected chi connectivity index (χ4v) is 5.10. The molecular weight excluding hydrogens is 340 g/mol. The SMILES string of the molecule is CCCCCCCO[Si](CCCCCC)(OC)OC(OC)(OC)OC. The van der Waals surface area contributed by atoms with Crippen LogP contribution in [0.2, 0.25) is 6.04 Å². The van der Waals surface area contributed by atoms with Crippen LogP contribution in [0.5, 0.6) is 0 Å². The van der Waals surface area contributed by atoms with Gasteiger partial charge in [-0.1, -0.05) is 58.8 Å². The Balaban J connectivity index is 4.80. The zero-order valence-electron chi connectivity index (χ0n) is 17.2. The van der Waals surface area contributed by atoms with E-state index in [4.69, 9.17) is 27.5 Å². The molecule has 25 heavy (non-hydrogen) atoms. The highest BCUT2D eigenvalue weighted by molar-refractivity contribution is 6.60. The molecule has 1 atom stereocenters. The van der Waals surface area contributed by atoms with Crippen LogP contribution in [0.4, 0.5) is 0 Å². The van der Waals surface area contributed by atoms with Gasteiger partial charge in [0.25, 0.3) is 0 Å². The maximum absolute atomic E-state index is 6.15. The van der Waals surface area contributed by atoms with E-state index in [1.54, 1.807) is 7.11 Å². The summed E-state index contributed by atoms with van der Waals surface area (Å²) in [6, 6.07) is 0.719. The van der Waals surface area contributed by atoms with E-state index in [2.05, 4.69) is 13.8 Å². The van der Waals surface area contributed by atoms with E-state index in [-0.39, 0.29) is 0 Å². The summed E-state index contributed by atoms with van der Waals surface area (Å²) in [4.78, 5) is 0. The van der Waals surface area contributed by atoms with E-state index >= 15 is 0 Å². The van der Waals surface area contributed by atoms with Crippen molar-refractivity contribution in [3.05, 3.63) is 0 Å². The molecule has 7 heteroatoms. The van der Waals surface area contributed by atoms with Crippen molar-refractivity contribution in [2.24, 2.45) is 0 Å².